The standard InChI is InChI=1S/C20H29ClFN3O3S/c21-18-5-3-6-19(22)17(18)15-29(27,28)25-13-7-16(8-14-25)20(26)23-9-4-12-24-10-1-2-11-24/h3,5-6,16H,1-2,4,7-15H2,(H,23,26). The van der Waals surface area contributed by atoms with Crippen LogP contribution in [0.1, 0.15) is 37.7 Å². The highest BCUT2D eigenvalue weighted by Crippen LogP contribution is 2.26. The van der Waals surface area contributed by atoms with Crippen LogP contribution in [-0.2, 0) is 20.6 Å². The fourth-order valence-corrected chi connectivity index (χ4v) is 5.92. The molecule has 0 atom stereocenters. The van der Waals surface area contributed by atoms with Crippen LogP contribution in [0.4, 0.5) is 4.39 Å². The molecule has 1 amide bonds. The highest BCUT2D eigenvalue weighted by atomic mass is 35.5. The number of hydrogen-bond donors (Lipinski definition) is 1. The van der Waals surface area contributed by atoms with Crippen molar-refractivity contribution in [1.82, 2.24) is 14.5 Å². The molecule has 0 radical (unpaired) electrons. The van der Waals surface area contributed by atoms with E-state index in [-0.39, 0.29) is 35.5 Å². The molecule has 6 nitrogen and oxygen atoms in total. The number of carbonyl (C=O) groups excluding carboxylic acids is 1. The molecule has 1 aromatic rings. The Morgan fingerprint density at radius 1 is 1.17 bits per heavy atom. The third-order valence-corrected chi connectivity index (χ3v) is 7.92. The molecule has 0 aliphatic carbocycles. The van der Waals surface area contributed by atoms with Crippen LogP contribution in [0, 0.1) is 11.7 Å². The summed E-state index contributed by atoms with van der Waals surface area (Å²) < 4.78 is 40.6. The lowest BCUT2D eigenvalue weighted by molar-refractivity contribution is -0.126. The zero-order chi connectivity index (χ0) is 20.9. The van der Waals surface area contributed by atoms with Crippen molar-refractivity contribution in [3.05, 3.63) is 34.6 Å². The second-order valence-electron chi connectivity index (χ2n) is 7.82. The van der Waals surface area contributed by atoms with Crippen LogP contribution >= 0.6 is 11.6 Å². The number of hydrogen-bond acceptors (Lipinski definition) is 4. The van der Waals surface area contributed by atoms with Gasteiger partial charge in [-0.2, -0.15) is 0 Å². The molecule has 0 bridgehead atoms. The first-order valence-electron chi connectivity index (χ1n) is 10.3. The third-order valence-electron chi connectivity index (χ3n) is 5.76. The molecule has 2 saturated heterocycles. The molecule has 1 N–H and O–H groups in total. The Kier molecular flexibility index (Phi) is 7.90. The first kappa shape index (κ1) is 22.5. The second kappa shape index (κ2) is 10.2. The predicted octanol–water partition coefficient (Wildman–Crippen LogP) is 2.62. The van der Waals surface area contributed by atoms with Gasteiger partial charge in [0.25, 0.3) is 0 Å². The average molecular weight is 446 g/mol. The summed E-state index contributed by atoms with van der Waals surface area (Å²) in [5.74, 6) is -1.26. The van der Waals surface area contributed by atoms with Crippen LogP contribution in [0.25, 0.3) is 0 Å². The molecule has 0 saturated carbocycles. The van der Waals surface area contributed by atoms with Crippen molar-refractivity contribution in [2.75, 3.05) is 39.3 Å². The number of likely N-dealkylation sites (tertiary alicyclic amines) is 1. The Hall–Kier alpha value is -1.22. The molecular formula is C20H29ClFN3O3S. The maximum Gasteiger partial charge on any atom is 0.223 e. The van der Waals surface area contributed by atoms with E-state index < -0.39 is 21.6 Å². The highest BCUT2D eigenvalue weighted by Gasteiger charge is 2.32. The van der Waals surface area contributed by atoms with Crippen molar-refractivity contribution in [3.8, 4) is 0 Å². The van der Waals surface area contributed by atoms with Crippen LogP contribution < -0.4 is 5.32 Å². The van der Waals surface area contributed by atoms with Crippen molar-refractivity contribution < 1.29 is 17.6 Å². The zero-order valence-electron chi connectivity index (χ0n) is 16.6. The topological polar surface area (TPSA) is 69.7 Å². The summed E-state index contributed by atoms with van der Waals surface area (Å²) >= 11 is 5.96. The minimum atomic E-state index is -3.69. The van der Waals surface area contributed by atoms with Gasteiger partial charge < -0.3 is 10.2 Å². The largest absolute Gasteiger partial charge is 0.356 e. The Morgan fingerprint density at radius 3 is 2.52 bits per heavy atom. The first-order valence-corrected chi connectivity index (χ1v) is 12.3. The summed E-state index contributed by atoms with van der Waals surface area (Å²) in [4.78, 5) is 14.8. The number of amides is 1. The van der Waals surface area contributed by atoms with Gasteiger partial charge in [0.1, 0.15) is 5.82 Å². The molecule has 29 heavy (non-hydrogen) atoms. The van der Waals surface area contributed by atoms with E-state index in [0.29, 0.717) is 19.4 Å². The molecule has 2 aliphatic heterocycles. The van der Waals surface area contributed by atoms with Gasteiger partial charge in [-0.15, -0.1) is 0 Å². The summed E-state index contributed by atoms with van der Waals surface area (Å²) in [7, 11) is -3.69. The number of piperidine rings is 1. The van der Waals surface area contributed by atoms with Gasteiger partial charge in [0.05, 0.1) is 5.75 Å². The second-order valence-corrected chi connectivity index (χ2v) is 10.2. The minimum Gasteiger partial charge on any atom is -0.356 e. The van der Waals surface area contributed by atoms with Gasteiger partial charge in [-0.3, -0.25) is 4.79 Å². The molecule has 2 heterocycles. The zero-order valence-corrected chi connectivity index (χ0v) is 18.2. The van der Waals surface area contributed by atoms with E-state index >= 15 is 0 Å². The number of nitrogens with zero attached hydrogens (tertiary/aromatic N) is 2. The lowest BCUT2D eigenvalue weighted by atomic mass is 9.97. The van der Waals surface area contributed by atoms with Crippen molar-refractivity contribution in [3.63, 3.8) is 0 Å². The molecule has 0 aromatic heterocycles. The van der Waals surface area contributed by atoms with E-state index in [1.165, 1.54) is 35.3 Å². The van der Waals surface area contributed by atoms with Crippen LogP contribution in [0.3, 0.4) is 0 Å². The van der Waals surface area contributed by atoms with E-state index in [9.17, 15) is 17.6 Å². The van der Waals surface area contributed by atoms with E-state index in [1.54, 1.807) is 0 Å². The molecule has 2 aliphatic rings. The predicted molar refractivity (Wildman–Crippen MR) is 112 cm³/mol. The maximum atomic E-state index is 13.9. The lowest BCUT2D eigenvalue weighted by Crippen LogP contribution is -2.43. The summed E-state index contributed by atoms with van der Waals surface area (Å²) in [6.07, 6.45) is 4.40. The fraction of sp³-hybridized carbons (Fsp3) is 0.650. The molecule has 162 valence electrons. The molecule has 2 fully saturated rings. The number of sulfonamides is 1. The highest BCUT2D eigenvalue weighted by molar-refractivity contribution is 7.88. The molecular weight excluding hydrogens is 417 g/mol. The number of rotatable bonds is 8. The fourth-order valence-electron chi connectivity index (χ4n) is 4.00. The SMILES string of the molecule is O=C(NCCCN1CCCC1)C1CCN(S(=O)(=O)Cc2c(F)cccc2Cl)CC1. The third kappa shape index (κ3) is 6.13. The smallest absolute Gasteiger partial charge is 0.223 e. The molecule has 9 heteroatoms. The van der Waals surface area contributed by atoms with Crippen molar-refractivity contribution in [2.24, 2.45) is 5.92 Å². The van der Waals surface area contributed by atoms with Crippen LogP contribution in [-0.4, -0.2) is 62.8 Å². The van der Waals surface area contributed by atoms with Crippen molar-refractivity contribution in [2.45, 2.75) is 37.9 Å². The Labute approximate surface area is 177 Å². The van der Waals surface area contributed by atoms with E-state index in [0.717, 1.165) is 26.1 Å². The Balaban J connectivity index is 1.43. The van der Waals surface area contributed by atoms with Gasteiger partial charge in [-0.25, -0.2) is 17.1 Å². The summed E-state index contributed by atoms with van der Waals surface area (Å²) in [5.41, 5.74) is -0.00737. The maximum absolute atomic E-state index is 13.9. The molecule has 0 unspecified atom stereocenters. The van der Waals surface area contributed by atoms with E-state index in [1.807, 2.05) is 0 Å². The van der Waals surface area contributed by atoms with E-state index in [4.69, 9.17) is 11.6 Å². The number of carbonyl (C=O) groups is 1. The molecule has 1 aromatic carbocycles. The van der Waals surface area contributed by atoms with Gasteiger partial charge in [0, 0.05) is 36.1 Å². The van der Waals surface area contributed by atoms with Crippen LogP contribution in [0.15, 0.2) is 18.2 Å². The van der Waals surface area contributed by atoms with Crippen molar-refractivity contribution >= 4 is 27.5 Å². The molecule has 3 rings (SSSR count). The molecule has 0 spiro atoms. The Morgan fingerprint density at radius 2 is 1.86 bits per heavy atom. The van der Waals surface area contributed by atoms with E-state index in [2.05, 4.69) is 10.2 Å². The quantitative estimate of drug-likeness (QED) is 0.624. The average Bonchev–Trinajstić information content (AvgIpc) is 3.22. The normalized spacial score (nSPS) is 19.5. The lowest BCUT2D eigenvalue weighted by Gasteiger charge is -2.30. The number of halogens is 2. The van der Waals surface area contributed by atoms with Gasteiger partial charge in [-0.1, -0.05) is 17.7 Å². The van der Waals surface area contributed by atoms with Crippen LogP contribution in [0.5, 0.6) is 0 Å². The van der Waals surface area contributed by atoms with Gasteiger partial charge in [0.15, 0.2) is 0 Å². The summed E-state index contributed by atoms with van der Waals surface area (Å²) in [5, 5.41) is 3.09. The van der Waals surface area contributed by atoms with Gasteiger partial charge in [0.2, 0.25) is 15.9 Å². The minimum absolute atomic E-state index is 0.000572. The summed E-state index contributed by atoms with van der Waals surface area (Å²) in [6.45, 7) is 4.49. The van der Waals surface area contributed by atoms with Crippen LogP contribution in [0.2, 0.25) is 5.02 Å². The van der Waals surface area contributed by atoms with Gasteiger partial charge >= 0.3 is 0 Å². The summed E-state index contributed by atoms with van der Waals surface area (Å²) in [6, 6.07) is 4.13. The Bertz CT molecular complexity index is 787. The number of benzene rings is 1. The first-order chi connectivity index (χ1) is 13.9. The number of nitrogens with one attached hydrogen (secondary N) is 1. The van der Waals surface area contributed by atoms with Gasteiger partial charge in [-0.05, 0) is 63.9 Å². The van der Waals surface area contributed by atoms with Crippen molar-refractivity contribution in [1.29, 1.82) is 0 Å². The monoisotopic (exact) mass is 445 g/mol.